The second-order valence-corrected chi connectivity index (χ2v) is 8.88. The molecule has 2 amide bonds. The number of carbonyl (C=O) groups excluding carboxylic acids is 2. The highest BCUT2D eigenvalue weighted by Crippen LogP contribution is 2.44. The van der Waals surface area contributed by atoms with E-state index in [1.165, 1.54) is 5.56 Å². The van der Waals surface area contributed by atoms with Crippen LogP contribution in [-0.2, 0) is 22.5 Å². The minimum atomic E-state index is -0.491. The highest BCUT2D eigenvalue weighted by Gasteiger charge is 2.44. The molecule has 4 rings (SSSR count). The van der Waals surface area contributed by atoms with Crippen LogP contribution in [0.1, 0.15) is 50.8 Å². The molecule has 2 aromatic carbocycles. The van der Waals surface area contributed by atoms with Gasteiger partial charge in [0.05, 0.1) is 18.6 Å². The van der Waals surface area contributed by atoms with E-state index in [9.17, 15) is 9.59 Å². The van der Waals surface area contributed by atoms with Crippen molar-refractivity contribution in [1.82, 2.24) is 10.2 Å². The summed E-state index contributed by atoms with van der Waals surface area (Å²) in [6, 6.07) is 19.4. The molecule has 2 atom stereocenters. The number of hydrogen-bond acceptors (Lipinski definition) is 4. The molecule has 0 unspecified atom stereocenters. The molecule has 1 aromatic heterocycles. The summed E-state index contributed by atoms with van der Waals surface area (Å²) in [5, 5.41) is 5.11. The van der Waals surface area contributed by atoms with E-state index in [1.54, 1.807) is 23.3 Å². The van der Waals surface area contributed by atoms with E-state index in [0.717, 1.165) is 22.4 Å². The average molecular weight is 449 g/mol. The van der Waals surface area contributed by atoms with Crippen molar-refractivity contribution >= 4 is 23.2 Å². The lowest BCUT2D eigenvalue weighted by atomic mass is 9.81. The Morgan fingerprint density at radius 3 is 2.50 bits per heavy atom. The van der Waals surface area contributed by atoms with Crippen LogP contribution in [0.15, 0.2) is 66.0 Å². The van der Waals surface area contributed by atoms with Crippen molar-refractivity contribution in [2.24, 2.45) is 0 Å². The fourth-order valence-corrected chi connectivity index (χ4v) is 5.15. The Bertz CT molecular complexity index is 1060. The first-order valence-electron chi connectivity index (χ1n) is 10.9. The number of thiophene rings is 1. The molecule has 0 fully saturated rings. The van der Waals surface area contributed by atoms with Crippen LogP contribution >= 0.6 is 11.3 Å². The van der Waals surface area contributed by atoms with Crippen molar-refractivity contribution < 1.29 is 14.3 Å². The van der Waals surface area contributed by atoms with Gasteiger partial charge in [-0.15, -0.1) is 11.3 Å². The van der Waals surface area contributed by atoms with Gasteiger partial charge in [0.1, 0.15) is 0 Å². The minimum Gasteiger partial charge on any atom is -0.383 e. The maximum atomic E-state index is 13.6. The number of nitrogens with zero attached hydrogens (tertiary/aromatic N) is 1. The van der Waals surface area contributed by atoms with Gasteiger partial charge in [0.25, 0.3) is 5.91 Å². The zero-order valence-corrected chi connectivity index (χ0v) is 19.2. The Labute approximate surface area is 193 Å². The Kier molecular flexibility index (Phi) is 7.02. The summed E-state index contributed by atoms with van der Waals surface area (Å²) >= 11 is 1.57. The lowest BCUT2D eigenvalue weighted by Gasteiger charge is -2.41. The fourth-order valence-electron chi connectivity index (χ4n) is 4.28. The molecule has 0 saturated carbocycles. The number of ether oxygens (including phenoxy) is 1. The molecule has 0 saturated heterocycles. The zero-order chi connectivity index (χ0) is 22.5. The van der Waals surface area contributed by atoms with E-state index in [-0.39, 0.29) is 17.9 Å². The largest absolute Gasteiger partial charge is 0.383 e. The van der Waals surface area contributed by atoms with Crippen LogP contribution in [0.3, 0.4) is 0 Å². The maximum absolute atomic E-state index is 13.6. The summed E-state index contributed by atoms with van der Waals surface area (Å²) in [5.41, 5.74) is 3.69. The topological polar surface area (TPSA) is 58.6 Å². The van der Waals surface area contributed by atoms with Crippen LogP contribution in [0, 0.1) is 0 Å². The molecule has 2 heterocycles. The number of amides is 2. The molecule has 32 heavy (non-hydrogen) atoms. The van der Waals surface area contributed by atoms with Crippen molar-refractivity contribution in [3.8, 4) is 0 Å². The van der Waals surface area contributed by atoms with E-state index in [4.69, 9.17) is 4.74 Å². The second kappa shape index (κ2) is 10.1. The third kappa shape index (κ3) is 4.47. The molecular formula is C26H28N2O3S. The molecule has 5 nitrogen and oxygen atoms in total. The number of aryl methyl sites for hydroxylation is 1. The Balaban J connectivity index is 1.67. The Hall–Kier alpha value is -2.96. The van der Waals surface area contributed by atoms with Crippen LogP contribution in [0.25, 0.3) is 0 Å². The summed E-state index contributed by atoms with van der Waals surface area (Å²) < 4.78 is 5.28. The maximum Gasteiger partial charge on any atom is 0.254 e. The van der Waals surface area contributed by atoms with E-state index in [1.807, 2.05) is 41.8 Å². The van der Waals surface area contributed by atoms with Gasteiger partial charge < -0.3 is 15.0 Å². The van der Waals surface area contributed by atoms with E-state index >= 15 is 0 Å². The predicted molar refractivity (Wildman–Crippen MR) is 127 cm³/mol. The van der Waals surface area contributed by atoms with Gasteiger partial charge in [-0.3, -0.25) is 9.59 Å². The van der Waals surface area contributed by atoms with Gasteiger partial charge in [-0.1, -0.05) is 55.5 Å². The Morgan fingerprint density at radius 2 is 1.81 bits per heavy atom. The molecule has 1 aliphatic rings. The summed E-state index contributed by atoms with van der Waals surface area (Å²) in [7, 11) is 1.62. The molecule has 6 heteroatoms. The van der Waals surface area contributed by atoms with Crippen LogP contribution in [0.5, 0.6) is 0 Å². The van der Waals surface area contributed by atoms with E-state index < -0.39 is 5.92 Å². The number of fused-ring (bicyclic) bond motifs is 1. The molecule has 0 radical (unpaired) electrons. The van der Waals surface area contributed by atoms with Crippen LogP contribution in [0.4, 0.5) is 0 Å². The summed E-state index contributed by atoms with van der Waals surface area (Å²) in [6.45, 7) is 3.41. The quantitative estimate of drug-likeness (QED) is 0.550. The number of carbonyl (C=O) groups is 2. The summed E-state index contributed by atoms with van der Waals surface area (Å²) in [4.78, 5) is 29.8. The lowest BCUT2D eigenvalue weighted by Crippen LogP contribution is -2.48. The Morgan fingerprint density at radius 1 is 1.06 bits per heavy atom. The summed E-state index contributed by atoms with van der Waals surface area (Å²) in [5.74, 6) is -0.630. The molecule has 1 N–H and O–H groups in total. The highest BCUT2D eigenvalue weighted by molar-refractivity contribution is 7.10. The van der Waals surface area contributed by atoms with Crippen LogP contribution in [0.2, 0.25) is 0 Å². The predicted octanol–water partition coefficient (Wildman–Crippen LogP) is 4.55. The number of nitrogens with one attached hydrogen (secondary N) is 1. The number of hydrogen-bond donors (Lipinski definition) is 1. The van der Waals surface area contributed by atoms with Crippen molar-refractivity contribution in [3.05, 3.63) is 93.2 Å². The van der Waals surface area contributed by atoms with Gasteiger partial charge in [0, 0.05) is 30.6 Å². The van der Waals surface area contributed by atoms with Crippen molar-refractivity contribution in [3.63, 3.8) is 0 Å². The standard InChI is InChI=1S/C26H28N2O3S/c1-3-18-10-12-19(13-11-18)17-27-25(29)23-20-7-4-5-8-21(20)26(30)28(14-15-31-2)24(23)22-9-6-16-32-22/h4-13,16,23-24H,3,14-15,17H2,1-2H3,(H,27,29)/t23-,24+/m0/s1. The van der Waals surface area contributed by atoms with Gasteiger partial charge in [0.2, 0.25) is 5.91 Å². The van der Waals surface area contributed by atoms with Crippen LogP contribution in [-0.4, -0.2) is 37.0 Å². The molecular weight excluding hydrogens is 420 g/mol. The van der Waals surface area contributed by atoms with Crippen molar-refractivity contribution in [2.45, 2.75) is 31.8 Å². The molecule has 166 valence electrons. The molecule has 0 aliphatic carbocycles. The SMILES string of the molecule is CCc1ccc(CNC(=O)[C@H]2c3ccccc3C(=O)N(CCOC)[C@@H]2c2cccs2)cc1. The molecule has 0 bridgehead atoms. The third-order valence-electron chi connectivity index (χ3n) is 5.99. The molecule has 1 aliphatic heterocycles. The number of rotatable bonds is 8. The monoisotopic (exact) mass is 448 g/mol. The number of benzene rings is 2. The average Bonchev–Trinajstić information content (AvgIpc) is 3.37. The van der Waals surface area contributed by atoms with Gasteiger partial charge in [-0.05, 0) is 40.6 Å². The lowest BCUT2D eigenvalue weighted by molar-refractivity contribution is -0.124. The van der Waals surface area contributed by atoms with Crippen molar-refractivity contribution in [2.75, 3.05) is 20.3 Å². The zero-order valence-electron chi connectivity index (χ0n) is 18.4. The number of methoxy groups -OCH3 is 1. The minimum absolute atomic E-state index is 0.0599. The van der Waals surface area contributed by atoms with E-state index in [2.05, 4.69) is 36.5 Å². The van der Waals surface area contributed by atoms with Gasteiger partial charge in [0.15, 0.2) is 0 Å². The highest BCUT2D eigenvalue weighted by atomic mass is 32.1. The third-order valence-corrected chi connectivity index (χ3v) is 6.93. The smallest absolute Gasteiger partial charge is 0.254 e. The fraction of sp³-hybridized carbons (Fsp3) is 0.308. The normalized spacial score (nSPS) is 17.8. The van der Waals surface area contributed by atoms with Gasteiger partial charge >= 0.3 is 0 Å². The first-order valence-corrected chi connectivity index (χ1v) is 11.8. The van der Waals surface area contributed by atoms with Crippen molar-refractivity contribution in [1.29, 1.82) is 0 Å². The van der Waals surface area contributed by atoms with Crippen LogP contribution < -0.4 is 5.32 Å². The molecule has 0 spiro atoms. The first kappa shape index (κ1) is 22.2. The summed E-state index contributed by atoms with van der Waals surface area (Å²) in [6.07, 6.45) is 0.985. The molecule has 3 aromatic rings. The van der Waals surface area contributed by atoms with Gasteiger partial charge in [-0.25, -0.2) is 0 Å². The van der Waals surface area contributed by atoms with Gasteiger partial charge in [-0.2, -0.15) is 0 Å². The van der Waals surface area contributed by atoms with E-state index in [0.29, 0.717) is 25.3 Å². The first-order chi connectivity index (χ1) is 15.6. The second-order valence-electron chi connectivity index (χ2n) is 7.90.